The third kappa shape index (κ3) is 7.56. The third-order valence-corrected chi connectivity index (χ3v) is 3.26. The third-order valence-electron chi connectivity index (χ3n) is 3.03. The van der Waals surface area contributed by atoms with E-state index in [-0.39, 0.29) is 5.75 Å². The molecule has 0 unspecified atom stereocenters. The Hall–Kier alpha value is -2.77. The van der Waals surface area contributed by atoms with Gasteiger partial charge in [0, 0.05) is 23.7 Å². The van der Waals surface area contributed by atoms with Gasteiger partial charge in [-0.1, -0.05) is 23.7 Å². The van der Waals surface area contributed by atoms with Crippen molar-refractivity contribution < 1.29 is 29.6 Å². The van der Waals surface area contributed by atoms with E-state index in [1.807, 2.05) is 24.3 Å². The zero-order valence-electron chi connectivity index (χ0n) is 13.4. The normalized spacial score (nSPS) is 9.68. The molecule has 0 aliphatic rings. The number of hydrogen-bond acceptors (Lipinski definition) is 5. The molecule has 0 heterocycles. The minimum absolute atomic E-state index is 0.256. The van der Waals surface area contributed by atoms with Crippen LogP contribution in [0.15, 0.2) is 42.5 Å². The number of rotatable bonds is 5. The van der Waals surface area contributed by atoms with Crippen LogP contribution in [-0.2, 0) is 22.7 Å². The van der Waals surface area contributed by atoms with Crippen LogP contribution in [0.5, 0.6) is 11.5 Å². The number of carbonyl (C=O) groups is 2. The van der Waals surface area contributed by atoms with Crippen molar-refractivity contribution in [3.05, 3.63) is 58.6 Å². The SMILES string of the molecule is COc1ccc(CNCc2cc(Cl)ccc2O)cc1.O=C(O)C(=O)O. The summed E-state index contributed by atoms with van der Waals surface area (Å²) in [6.07, 6.45) is 0. The molecule has 134 valence electrons. The van der Waals surface area contributed by atoms with Crippen LogP contribution in [0.1, 0.15) is 11.1 Å². The first-order valence-electron chi connectivity index (χ1n) is 7.10. The molecule has 0 spiro atoms. The molecule has 0 bridgehead atoms. The second-order valence-electron chi connectivity index (χ2n) is 4.83. The Bertz CT molecular complexity index is 706. The van der Waals surface area contributed by atoms with Crippen LogP contribution in [0.3, 0.4) is 0 Å². The number of ether oxygens (including phenoxy) is 1. The lowest BCUT2D eigenvalue weighted by Gasteiger charge is -2.08. The number of carboxylic acids is 2. The van der Waals surface area contributed by atoms with Gasteiger partial charge in [-0.3, -0.25) is 0 Å². The van der Waals surface area contributed by atoms with E-state index in [1.54, 1.807) is 25.3 Å². The predicted molar refractivity (Wildman–Crippen MR) is 91.9 cm³/mol. The maximum absolute atomic E-state index is 9.69. The van der Waals surface area contributed by atoms with Crippen LogP contribution in [0.25, 0.3) is 0 Å². The van der Waals surface area contributed by atoms with Crippen LogP contribution >= 0.6 is 11.6 Å². The molecule has 8 heteroatoms. The molecule has 0 aliphatic heterocycles. The molecule has 2 rings (SSSR count). The second kappa shape index (κ2) is 10.2. The first-order chi connectivity index (χ1) is 11.8. The molecule has 0 radical (unpaired) electrons. The summed E-state index contributed by atoms with van der Waals surface area (Å²) in [7, 11) is 1.65. The van der Waals surface area contributed by atoms with E-state index in [4.69, 9.17) is 36.1 Å². The number of carboxylic acid groups (broad SMARTS) is 2. The average molecular weight is 368 g/mol. The number of benzene rings is 2. The van der Waals surface area contributed by atoms with Crippen molar-refractivity contribution in [2.24, 2.45) is 0 Å². The summed E-state index contributed by atoms with van der Waals surface area (Å²) in [4.78, 5) is 18.2. The predicted octanol–water partition coefficient (Wildman–Crippen LogP) is 2.50. The van der Waals surface area contributed by atoms with Crippen LogP contribution in [0.4, 0.5) is 0 Å². The fourth-order valence-electron chi connectivity index (χ4n) is 1.78. The molecule has 25 heavy (non-hydrogen) atoms. The molecular weight excluding hydrogens is 350 g/mol. The van der Waals surface area contributed by atoms with Crippen molar-refractivity contribution in [1.82, 2.24) is 5.32 Å². The van der Waals surface area contributed by atoms with E-state index in [0.717, 1.165) is 23.4 Å². The Morgan fingerprint density at radius 1 is 1.04 bits per heavy atom. The number of aliphatic carboxylic acids is 2. The minimum atomic E-state index is -1.82. The summed E-state index contributed by atoms with van der Waals surface area (Å²) >= 11 is 5.89. The van der Waals surface area contributed by atoms with Crippen molar-refractivity contribution in [3.63, 3.8) is 0 Å². The van der Waals surface area contributed by atoms with Gasteiger partial charge in [0.2, 0.25) is 0 Å². The van der Waals surface area contributed by atoms with Crippen molar-refractivity contribution in [2.75, 3.05) is 7.11 Å². The Morgan fingerprint density at radius 3 is 2.16 bits per heavy atom. The highest BCUT2D eigenvalue weighted by Gasteiger charge is 2.04. The first kappa shape index (κ1) is 20.3. The fraction of sp³-hybridized carbons (Fsp3) is 0.176. The molecule has 7 nitrogen and oxygen atoms in total. The molecule has 0 aromatic heterocycles. The Morgan fingerprint density at radius 2 is 1.64 bits per heavy atom. The number of hydrogen-bond donors (Lipinski definition) is 4. The summed E-state index contributed by atoms with van der Waals surface area (Å²) in [6.45, 7) is 1.29. The Balaban J connectivity index is 0.000000450. The van der Waals surface area contributed by atoms with Gasteiger partial charge in [0.05, 0.1) is 7.11 Å². The standard InChI is InChI=1S/C15H16ClNO2.C2H2O4/c1-19-14-5-2-11(3-6-14)9-17-10-12-8-13(16)4-7-15(12)18;3-1(4)2(5)6/h2-8,17-18H,9-10H2,1H3;(H,3,4)(H,5,6). The quantitative estimate of drug-likeness (QED) is 0.600. The Kier molecular flexibility index (Phi) is 8.25. The van der Waals surface area contributed by atoms with Crippen LogP contribution in [-0.4, -0.2) is 34.4 Å². The lowest BCUT2D eigenvalue weighted by molar-refractivity contribution is -0.159. The molecule has 0 atom stereocenters. The van der Waals surface area contributed by atoms with Gasteiger partial charge in [0.1, 0.15) is 11.5 Å². The summed E-state index contributed by atoms with van der Waals surface area (Å²) in [5, 5.41) is 28.4. The largest absolute Gasteiger partial charge is 0.508 e. The monoisotopic (exact) mass is 367 g/mol. The number of halogens is 1. The number of phenolic OH excluding ortho intramolecular Hbond substituents is 1. The number of aromatic hydroxyl groups is 1. The topological polar surface area (TPSA) is 116 Å². The lowest BCUT2D eigenvalue weighted by Crippen LogP contribution is -2.12. The van der Waals surface area contributed by atoms with E-state index < -0.39 is 11.9 Å². The zero-order chi connectivity index (χ0) is 18.8. The number of phenols is 1. The van der Waals surface area contributed by atoms with Crippen molar-refractivity contribution >= 4 is 23.5 Å². The molecule has 0 saturated heterocycles. The summed E-state index contributed by atoms with van der Waals surface area (Å²) < 4.78 is 5.10. The molecule has 0 saturated carbocycles. The van der Waals surface area contributed by atoms with Crippen molar-refractivity contribution in [1.29, 1.82) is 0 Å². The number of methoxy groups -OCH3 is 1. The molecule has 0 aliphatic carbocycles. The van der Waals surface area contributed by atoms with Gasteiger partial charge < -0.3 is 25.4 Å². The lowest BCUT2D eigenvalue weighted by atomic mass is 10.2. The van der Waals surface area contributed by atoms with Crippen LogP contribution < -0.4 is 10.1 Å². The van der Waals surface area contributed by atoms with Gasteiger partial charge in [-0.25, -0.2) is 9.59 Å². The van der Waals surface area contributed by atoms with Gasteiger partial charge in [-0.2, -0.15) is 0 Å². The second-order valence-corrected chi connectivity index (χ2v) is 5.27. The van der Waals surface area contributed by atoms with E-state index in [9.17, 15) is 5.11 Å². The smallest absolute Gasteiger partial charge is 0.414 e. The van der Waals surface area contributed by atoms with Crippen molar-refractivity contribution in [2.45, 2.75) is 13.1 Å². The molecule has 4 N–H and O–H groups in total. The maximum Gasteiger partial charge on any atom is 0.414 e. The van der Waals surface area contributed by atoms with Gasteiger partial charge >= 0.3 is 11.9 Å². The molecule has 2 aromatic rings. The van der Waals surface area contributed by atoms with Gasteiger partial charge in [-0.05, 0) is 35.9 Å². The van der Waals surface area contributed by atoms with Crippen LogP contribution in [0, 0.1) is 0 Å². The van der Waals surface area contributed by atoms with Crippen molar-refractivity contribution in [3.8, 4) is 11.5 Å². The maximum atomic E-state index is 9.69. The van der Waals surface area contributed by atoms with Gasteiger partial charge in [0.25, 0.3) is 0 Å². The minimum Gasteiger partial charge on any atom is -0.508 e. The van der Waals surface area contributed by atoms with E-state index in [0.29, 0.717) is 11.6 Å². The molecule has 0 fully saturated rings. The molecule has 2 aromatic carbocycles. The zero-order valence-corrected chi connectivity index (χ0v) is 14.2. The van der Waals surface area contributed by atoms with E-state index >= 15 is 0 Å². The molecular formula is C17H18ClNO6. The summed E-state index contributed by atoms with van der Waals surface area (Å²) in [5.41, 5.74) is 1.95. The number of nitrogens with one attached hydrogen (secondary N) is 1. The first-order valence-corrected chi connectivity index (χ1v) is 7.48. The van der Waals surface area contributed by atoms with Gasteiger partial charge in [0.15, 0.2) is 0 Å². The highest BCUT2D eigenvalue weighted by molar-refractivity contribution is 6.30. The molecule has 0 amide bonds. The van der Waals surface area contributed by atoms with E-state index in [2.05, 4.69) is 5.32 Å². The highest BCUT2D eigenvalue weighted by Crippen LogP contribution is 2.21. The summed E-state index contributed by atoms with van der Waals surface area (Å²) in [5.74, 6) is -2.55. The summed E-state index contributed by atoms with van der Waals surface area (Å²) in [6, 6.07) is 12.9. The fourth-order valence-corrected chi connectivity index (χ4v) is 1.98. The van der Waals surface area contributed by atoms with Gasteiger partial charge in [-0.15, -0.1) is 0 Å². The Labute approximate surface area is 149 Å². The average Bonchev–Trinajstić information content (AvgIpc) is 2.59. The highest BCUT2D eigenvalue weighted by atomic mass is 35.5. The van der Waals surface area contributed by atoms with E-state index in [1.165, 1.54) is 0 Å². The van der Waals surface area contributed by atoms with Crippen LogP contribution in [0.2, 0.25) is 5.02 Å².